The summed E-state index contributed by atoms with van der Waals surface area (Å²) in [7, 11) is 1.83. The van der Waals surface area contributed by atoms with Crippen molar-refractivity contribution in [1.82, 2.24) is 4.90 Å². The minimum absolute atomic E-state index is 0.0351. The molecule has 0 atom stereocenters. The highest BCUT2D eigenvalue weighted by atomic mass is 35.5. The Morgan fingerprint density at radius 3 is 2.45 bits per heavy atom. The number of nitrogens with zero attached hydrogens (tertiary/aromatic N) is 1. The van der Waals surface area contributed by atoms with Crippen LogP contribution in [0.3, 0.4) is 0 Å². The van der Waals surface area contributed by atoms with Crippen LogP contribution in [0.1, 0.15) is 21.5 Å². The fraction of sp³-hybridized carbons (Fsp3) is 0.235. The average molecular weight is 288 g/mol. The summed E-state index contributed by atoms with van der Waals surface area (Å²) in [5, 5.41) is 0. The van der Waals surface area contributed by atoms with Crippen LogP contribution in [0.4, 0.5) is 0 Å². The molecule has 0 aliphatic heterocycles. The van der Waals surface area contributed by atoms with Crippen LogP contribution in [-0.2, 0) is 12.3 Å². The van der Waals surface area contributed by atoms with Crippen LogP contribution < -0.4 is 0 Å². The Kier molecular flexibility index (Phi) is 5.19. The molecule has 1 amide bonds. The maximum absolute atomic E-state index is 12.3. The molecule has 0 aliphatic rings. The molecule has 0 N–H and O–H groups in total. The molecule has 0 unspecified atom stereocenters. The first-order chi connectivity index (χ1) is 9.70. The fourth-order valence-corrected chi connectivity index (χ4v) is 2.22. The second kappa shape index (κ2) is 7.11. The zero-order valence-electron chi connectivity index (χ0n) is 11.6. The van der Waals surface area contributed by atoms with E-state index in [0.29, 0.717) is 18.0 Å². The predicted molar refractivity (Wildman–Crippen MR) is 83.1 cm³/mol. The van der Waals surface area contributed by atoms with E-state index < -0.39 is 0 Å². The average Bonchev–Trinajstić information content (AvgIpc) is 2.53. The minimum Gasteiger partial charge on any atom is -0.341 e. The van der Waals surface area contributed by atoms with Gasteiger partial charge >= 0.3 is 0 Å². The van der Waals surface area contributed by atoms with Crippen LogP contribution >= 0.6 is 11.6 Å². The lowest BCUT2D eigenvalue weighted by molar-refractivity contribution is 0.0796. The molecule has 2 nitrogen and oxygen atoms in total. The summed E-state index contributed by atoms with van der Waals surface area (Å²) in [5.74, 6) is 0.461. The maximum Gasteiger partial charge on any atom is 0.253 e. The molecule has 0 fully saturated rings. The number of halogens is 1. The highest BCUT2D eigenvalue weighted by Gasteiger charge is 2.11. The number of alkyl halides is 1. The first-order valence-corrected chi connectivity index (χ1v) is 7.18. The number of rotatable bonds is 5. The van der Waals surface area contributed by atoms with E-state index >= 15 is 0 Å². The Morgan fingerprint density at radius 2 is 1.75 bits per heavy atom. The maximum atomic E-state index is 12.3. The number of benzene rings is 2. The van der Waals surface area contributed by atoms with Gasteiger partial charge in [-0.1, -0.05) is 42.5 Å². The molecule has 2 rings (SSSR count). The summed E-state index contributed by atoms with van der Waals surface area (Å²) in [6.45, 7) is 0.702. The van der Waals surface area contributed by atoms with Gasteiger partial charge in [-0.05, 0) is 29.7 Å². The van der Waals surface area contributed by atoms with E-state index in [0.717, 1.165) is 12.0 Å². The molecule has 0 saturated carbocycles. The van der Waals surface area contributed by atoms with Gasteiger partial charge in [0, 0.05) is 25.0 Å². The summed E-state index contributed by atoms with van der Waals surface area (Å²) in [6.07, 6.45) is 0.859. The van der Waals surface area contributed by atoms with Crippen molar-refractivity contribution in [2.45, 2.75) is 12.3 Å². The van der Waals surface area contributed by atoms with E-state index in [1.807, 2.05) is 49.5 Å². The Labute approximate surface area is 125 Å². The Bertz CT molecular complexity index is 568. The third kappa shape index (κ3) is 3.84. The van der Waals surface area contributed by atoms with Crippen molar-refractivity contribution in [2.24, 2.45) is 0 Å². The Balaban J connectivity index is 1.98. The second-order valence-corrected chi connectivity index (χ2v) is 5.06. The molecule has 20 heavy (non-hydrogen) atoms. The van der Waals surface area contributed by atoms with Crippen LogP contribution in [0.5, 0.6) is 0 Å². The Morgan fingerprint density at radius 1 is 1.05 bits per heavy atom. The number of carbonyl (C=O) groups excluding carboxylic acids is 1. The van der Waals surface area contributed by atoms with Gasteiger partial charge in [0.05, 0.1) is 0 Å². The fourth-order valence-electron chi connectivity index (χ4n) is 2.05. The first kappa shape index (κ1) is 14.6. The third-order valence-corrected chi connectivity index (χ3v) is 3.56. The number of hydrogen-bond acceptors (Lipinski definition) is 1. The number of likely N-dealkylation sites (N-methyl/N-ethyl adjacent to an activating group) is 1. The van der Waals surface area contributed by atoms with Gasteiger partial charge in [-0.15, -0.1) is 11.6 Å². The van der Waals surface area contributed by atoms with Crippen molar-refractivity contribution >= 4 is 17.5 Å². The van der Waals surface area contributed by atoms with E-state index in [2.05, 4.69) is 12.1 Å². The van der Waals surface area contributed by atoms with Crippen molar-refractivity contribution in [2.75, 3.05) is 13.6 Å². The zero-order valence-corrected chi connectivity index (χ0v) is 12.3. The smallest absolute Gasteiger partial charge is 0.253 e. The molecule has 0 bridgehead atoms. The molecular weight excluding hydrogens is 270 g/mol. The van der Waals surface area contributed by atoms with Crippen LogP contribution in [0.25, 0.3) is 0 Å². The normalized spacial score (nSPS) is 10.3. The first-order valence-electron chi connectivity index (χ1n) is 6.65. The number of carbonyl (C=O) groups is 1. The zero-order chi connectivity index (χ0) is 14.4. The predicted octanol–water partition coefficient (Wildman–Crippen LogP) is 3.74. The molecule has 0 spiro atoms. The molecule has 2 aromatic carbocycles. The second-order valence-electron chi connectivity index (χ2n) is 4.80. The lowest BCUT2D eigenvalue weighted by Crippen LogP contribution is -2.28. The molecule has 2 aromatic rings. The van der Waals surface area contributed by atoms with E-state index in [-0.39, 0.29) is 5.91 Å². The lowest BCUT2D eigenvalue weighted by Gasteiger charge is -2.17. The molecule has 0 aliphatic carbocycles. The van der Waals surface area contributed by atoms with E-state index in [1.165, 1.54) is 5.56 Å². The van der Waals surface area contributed by atoms with Gasteiger partial charge in [0.25, 0.3) is 5.91 Å². The van der Waals surface area contributed by atoms with Crippen LogP contribution in [0.15, 0.2) is 54.6 Å². The van der Waals surface area contributed by atoms with Gasteiger partial charge in [-0.3, -0.25) is 4.79 Å². The highest BCUT2D eigenvalue weighted by molar-refractivity contribution is 6.17. The standard InChI is InChI=1S/C17H18ClNO/c1-19(11-10-14-6-3-2-4-7-14)17(20)16-9-5-8-15(12-16)13-18/h2-9,12H,10-11,13H2,1H3. The summed E-state index contributed by atoms with van der Waals surface area (Å²) in [4.78, 5) is 14.1. The molecule has 0 saturated heterocycles. The summed E-state index contributed by atoms with van der Waals surface area (Å²) >= 11 is 5.80. The molecule has 0 radical (unpaired) electrons. The monoisotopic (exact) mass is 287 g/mol. The number of hydrogen-bond donors (Lipinski definition) is 0. The molecule has 0 heterocycles. The molecular formula is C17H18ClNO. The van der Waals surface area contributed by atoms with E-state index in [4.69, 9.17) is 11.6 Å². The lowest BCUT2D eigenvalue weighted by atomic mass is 10.1. The van der Waals surface area contributed by atoms with Crippen molar-refractivity contribution in [3.05, 3.63) is 71.3 Å². The van der Waals surface area contributed by atoms with E-state index in [1.54, 1.807) is 4.90 Å². The Hall–Kier alpha value is -1.80. The van der Waals surface area contributed by atoms with Gasteiger partial charge in [-0.25, -0.2) is 0 Å². The quantitative estimate of drug-likeness (QED) is 0.767. The summed E-state index contributed by atoms with van der Waals surface area (Å²) < 4.78 is 0. The van der Waals surface area contributed by atoms with Crippen LogP contribution in [0, 0.1) is 0 Å². The van der Waals surface area contributed by atoms with Gasteiger partial charge in [0.15, 0.2) is 0 Å². The van der Waals surface area contributed by atoms with Gasteiger partial charge in [0.2, 0.25) is 0 Å². The topological polar surface area (TPSA) is 20.3 Å². The van der Waals surface area contributed by atoms with Crippen molar-refractivity contribution < 1.29 is 4.79 Å². The van der Waals surface area contributed by atoms with Crippen molar-refractivity contribution in [3.8, 4) is 0 Å². The van der Waals surface area contributed by atoms with Gasteiger partial charge < -0.3 is 4.90 Å². The molecule has 3 heteroatoms. The van der Waals surface area contributed by atoms with Crippen LogP contribution in [0.2, 0.25) is 0 Å². The summed E-state index contributed by atoms with van der Waals surface area (Å²) in [6, 6.07) is 17.7. The number of amides is 1. The highest BCUT2D eigenvalue weighted by Crippen LogP contribution is 2.10. The van der Waals surface area contributed by atoms with E-state index in [9.17, 15) is 4.79 Å². The van der Waals surface area contributed by atoms with Crippen LogP contribution in [-0.4, -0.2) is 24.4 Å². The SMILES string of the molecule is CN(CCc1ccccc1)C(=O)c1cccc(CCl)c1. The van der Waals surface area contributed by atoms with Crippen molar-refractivity contribution in [1.29, 1.82) is 0 Å². The van der Waals surface area contributed by atoms with Gasteiger partial charge in [0.1, 0.15) is 0 Å². The largest absolute Gasteiger partial charge is 0.341 e. The van der Waals surface area contributed by atoms with Crippen molar-refractivity contribution in [3.63, 3.8) is 0 Å². The molecule has 0 aromatic heterocycles. The summed E-state index contributed by atoms with van der Waals surface area (Å²) in [5.41, 5.74) is 2.90. The third-order valence-electron chi connectivity index (χ3n) is 3.25. The molecule has 104 valence electrons. The minimum atomic E-state index is 0.0351. The van der Waals surface area contributed by atoms with Gasteiger partial charge in [-0.2, -0.15) is 0 Å².